The predicted molar refractivity (Wildman–Crippen MR) is 180 cm³/mol. The second kappa shape index (κ2) is 15.5. The molecule has 1 aliphatic rings. The first-order valence-corrected chi connectivity index (χ1v) is 15.2. The van der Waals surface area contributed by atoms with Gasteiger partial charge in [-0.25, -0.2) is 9.59 Å². The Bertz CT molecular complexity index is 1520. The molecule has 5 rings (SSSR count). The number of aliphatic carboxylic acids is 1. The number of hydrogen-bond donors (Lipinski definition) is 2. The molecule has 2 N–H and O–H groups in total. The van der Waals surface area contributed by atoms with E-state index >= 15 is 0 Å². The predicted octanol–water partition coefficient (Wildman–Crippen LogP) is 8.13. The van der Waals surface area contributed by atoms with Crippen molar-refractivity contribution >= 4 is 25.6 Å². The Morgan fingerprint density at radius 1 is 0.841 bits per heavy atom. The van der Waals surface area contributed by atoms with Crippen molar-refractivity contribution in [1.29, 1.82) is 0 Å². The van der Waals surface area contributed by atoms with Crippen LogP contribution in [0, 0.1) is 0 Å². The maximum Gasteiger partial charge on any atom is 0.407 e. The van der Waals surface area contributed by atoms with Crippen molar-refractivity contribution in [3.8, 4) is 28.0 Å². The van der Waals surface area contributed by atoms with Crippen LogP contribution in [0.3, 0.4) is 0 Å². The molecule has 4 aromatic rings. The fraction of sp³-hybridized carbons (Fsp3) is 0.297. The molecule has 0 saturated carbocycles. The van der Waals surface area contributed by atoms with Gasteiger partial charge in [0, 0.05) is 12.3 Å². The van der Waals surface area contributed by atoms with Gasteiger partial charge in [0.25, 0.3) is 0 Å². The molecule has 0 radical (unpaired) electrons. The molecule has 0 aliphatic heterocycles. The van der Waals surface area contributed by atoms with Crippen LogP contribution in [0.4, 0.5) is 4.79 Å². The molecule has 0 fully saturated rings. The molecule has 7 heteroatoms. The smallest absolute Gasteiger partial charge is 0.407 e. The average molecular weight is 612 g/mol. The second-order valence-corrected chi connectivity index (χ2v) is 11.0. The molecule has 0 spiro atoms. The first-order valence-electron chi connectivity index (χ1n) is 15.2. The lowest BCUT2D eigenvalue weighted by Crippen LogP contribution is -2.42. The first-order chi connectivity index (χ1) is 21.0. The van der Waals surface area contributed by atoms with Gasteiger partial charge in [0.15, 0.2) is 0 Å². The summed E-state index contributed by atoms with van der Waals surface area (Å²) in [5.41, 5.74) is 8.66. The Balaban J connectivity index is 0.00000442. The summed E-state index contributed by atoms with van der Waals surface area (Å²) in [7, 11) is 0. The Morgan fingerprint density at radius 2 is 1.50 bits per heavy atom. The molecule has 230 valence electrons. The first kappa shape index (κ1) is 32.7. The SMILES string of the molecule is CCCCCOc1ccc(-c2ccc(C[C@H](NC(=O)OCC3c4ccccc4-c4ccccc43)C(=O)O)cc2)c(CC)c1.S. The van der Waals surface area contributed by atoms with Crippen molar-refractivity contribution < 1.29 is 24.2 Å². The molecule has 1 atom stereocenters. The summed E-state index contributed by atoms with van der Waals surface area (Å²) in [6.07, 6.45) is 3.65. The molecule has 0 unspecified atom stereocenters. The number of fused-ring (bicyclic) bond motifs is 3. The molecule has 1 amide bonds. The van der Waals surface area contributed by atoms with Gasteiger partial charge in [0.05, 0.1) is 6.61 Å². The van der Waals surface area contributed by atoms with E-state index in [1.807, 2.05) is 66.7 Å². The fourth-order valence-electron chi connectivity index (χ4n) is 5.81. The molecular weight excluding hydrogens is 570 g/mol. The number of carbonyl (C=O) groups is 2. The number of carboxylic acids is 1. The molecule has 1 aliphatic carbocycles. The van der Waals surface area contributed by atoms with Crippen molar-refractivity contribution in [2.24, 2.45) is 0 Å². The zero-order valence-electron chi connectivity index (χ0n) is 25.3. The van der Waals surface area contributed by atoms with Crippen LogP contribution in [0.5, 0.6) is 5.75 Å². The molecule has 0 bridgehead atoms. The maximum absolute atomic E-state index is 12.8. The monoisotopic (exact) mass is 611 g/mol. The van der Waals surface area contributed by atoms with Gasteiger partial charge in [-0.05, 0) is 69.5 Å². The van der Waals surface area contributed by atoms with E-state index in [0.717, 1.165) is 77.0 Å². The van der Waals surface area contributed by atoms with Crippen LogP contribution >= 0.6 is 13.5 Å². The van der Waals surface area contributed by atoms with Crippen molar-refractivity contribution in [2.75, 3.05) is 13.2 Å². The average Bonchev–Trinajstić information content (AvgIpc) is 3.35. The Morgan fingerprint density at radius 3 is 2.11 bits per heavy atom. The Hall–Kier alpha value is -4.23. The summed E-state index contributed by atoms with van der Waals surface area (Å²) in [6, 6.07) is 29.1. The van der Waals surface area contributed by atoms with Crippen molar-refractivity contribution in [2.45, 2.75) is 57.9 Å². The van der Waals surface area contributed by atoms with Gasteiger partial charge in [-0.3, -0.25) is 0 Å². The topological polar surface area (TPSA) is 84.9 Å². The van der Waals surface area contributed by atoms with E-state index in [1.54, 1.807) is 0 Å². The van der Waals surface area contributed by atoms with Crippen LogP contribution in [0.25, 0.3) is 22.3 Å². The van der Waals surface area contributed by atoms with Gasteiger partial charge < -0.3 is 19.9 Å². The van der Waals surface area contributed by atoms with E-state index in [1.165, 1.54) is 5.56 Å². The van der Waals surface area contributed by atoms with E-state index in [-0.39, 0.29) is 32.4 Å². The fourth-order valence-corrected chi connectivity index (χ4v) is 5.81. The third-order valence-corrected chi connectivity index (χ3v) is 8.11. The summed E-state index contributed by atoms with van der Waals surface area (Å²) >= 11 is 0. The normalized spacial score (nSPS) is 12.4. The Kier molecular flexibility index (Phi) is 11.5. The standard InChI is InChI=1S/C37H39NO5.H2S/c1-3-5-10-21-42-28-19-20-29(26(4-2)23-28)27-17-15-25(16-18-27)22-35(36(39)40)38-37(41)43-24-34-32-13-8-6-11-30(32)31-12-7-9-14-33(31)34;/h6-9,11-20,23,34-35H,3-5,10,21-22,24H2,1-2H3,(H,38,41)(H,39,40);1H2/t35-;/m0./s1. The van der Waals surface area contributed by atoms with Gasteiger partial charge in [-0.1, -0.05) is 106 Å². The molecule has 44 heavy (non-hydrogen) atoms. The van der Waals surface area contributed by atoms with Crippen LogP contribution in [0.2, 0.25) is 0 Å². The number of aryl methyl sites for hydroxylation is 1. The summed E-state index contributed by atoms with van der Waals surface area (Å²) in [4.78, 5) is 24.8. The van der Waals surface area contributed by atoms with Gasteiger partial charge >= 0.3 is 12.1 Å². The summed E-state index contributed by atoms with van der Waals surface area (Å²) in [6.45, 7) is 5.15. The van der Waals surface area contributed by atoms with Crippen LogP contribution < -0.4 is 10.1 Å². The number of carboxylic acid groups (broad SMARTS) is 1. The molecule has 0 saturated heterocycles. The summed E-state index contributed by atoms with van der Waals surface area (Å²) in [5, 5.41) is 12.4. The van der Waals surface area contributed by atoms with E-state index < -0.39 is 18.1 Å². The molecule has 4 aromatic carbocycles. The number of rotatable bonds is 13. The quantitative estimate of drug-likeness (QED) is 0.149. The third kappa shape index (κ3) is 7.64. The van der Waals surface area contributed by atoms with E-state index in [2.05, 4.69) is 43.4 Å². The van der Waals surface area contributed by atoms with Crippen molar-refractivity contribution in [1.82, 2.24) is 5.32 Å². The van der Waals surface area contributed by atoms with Crippen molar-refractivity contribution in [3.05, 3.63) is 113 Å². The highest BCUT2D eigenvalue weighted by Crippen LogP contribution is 2.44. The summed E-state index contributed by atoms with van der Waals surface area (Å²) in [5.74, 6) is -0.319. The highest BCUT2D eigenvalue weighted by molar-refractivity contribution is 7.59. The van der Waals surface area contributed by atoms with Crippen LogP contribution in [-0.2, 0) is 22.4 Å². The Labute approximate surface area is 266 Å². The number of amides is 1. The molecule has 6 nitrogen and oxygen atoms in total. The number of alkyl carbamates (subject to hydrolysis) is 1. The third-order valence-electron chi connectivity index (χ3n) is 8.11. The summed E-state index contributed by atoms with van der Waals surface area (Å²) < 4.78 is 11.5. The van der Waals surface area contributed by atoms with Gasteiger partial charge in [0.2, 0.25) is 0 Å². The highest BCUT2D eigenvalue weighted by Gasteiger charge is 2.29. The number of benzene rings is 4. The number of unbranched alkanes of at least 4 members (excludes halogenated alkanes) is 2. The minimum atomic E-state index is -1.11. The maximum atomic E-state index is 12.8. The highest BCUT2D eigenvalue weighted by atomic mass is 32.1. The lowest BCUT2D eigenvalue weighted by atomic mass is 9.96. The number of nitrogens with one attached hydrogen (secondary N) is 1. The molecule has 0 heterocycles. The van der Waals surface area contributed by atoms with E-state index in [9.17, 15) is 14.7 Å². The minimum absolute atomic E-state index is 0. The van der Waals surface area contributed by atoms with E-state index in [4.69, 9.17) is 9.47 Å². The lowest BCUT2D eigenvalue weighted by Gasteiger charge is -2.18. The number of ether oxygens (including phenoxy) is 2. The molecule has 0 aromatic heterocycles. The van der Waals surface area contributed by atoms with Gasteiger partial charge in [-0.2, -0.15) is 13.5 Å². The van der Waals surface area contributed by atoms with Crippen LogP contribution in [0.1, 0.15) is 61.3 Å². The molecular formula is C37H41NO5S. The number of hydrogen-bond acceptors (Lipinski definition) is 4. The zero-order chi connectivity index (χ0) is 30.2. The number of carbonyl (C=O) groups excluding carboxylic acids is 1. The van der Waals surface area contributed by atoms with Crippen LogP contribution in [0.15, 0.2) is 91.0 Å². The zero-order valence-corrected chi connectivity index (χ0v) is 26.3. The van der Waals surface area contributed by atoms with E-state index in [0.29, 0.717) is 0 Å². The lowest BCUT2D eigenvalue weighted by molar-refractivity contribution is -0.139. The van der Waals surface area contributed by atoms with Crippen LogP contribution in [-0.4, -0.2) is 36.4 Å². The van der Waals surface area contributed by atoms with Crippen molar-refractivity contribution in [3.63, 3.8) is 0 Å². The van der Waals surface area contributed by atoms with Gasteiger partial charge in [0.1, 0.15) is 18.4 Å². The second-order valence-electron chi connectivity index (χ2n) is 11.0. The van der Waals surface area contributed by atoms with Gasteiger partial charge in [-0.15, -0.1) is 0 Å². The largest absolute Gasteiger partial charge is 0.494 e. The minimum Gasteiger partial charge on any atom is -0.494 e.